The van der Waals surface area contributed by atoms with E-state index in [1.807, 2.05) is 29.2 Å². The molecule has 0 unspecified atom stereocenters. The maximum Gasteiger partial charge on any atom is 0.226 e. The van der Waals surface area contributed by atoms with E-state index in [9.17, 15) is 4.79 Å². The molecule has 2 aliphatic rings. The number of rotatable bonds is 5. The summed E-state index contributed by atoms with van der Waals surface area (Å²) in [5.41, 5.74) is 2.52. The van der Waals surface area contributed by atoms with Crippen molar-refractivity contribution in [3.63, 3.8) is 0 Å². The minimum atomic E-state index is 0.169. The maximum atomic E-state index is 12.9. The Balaban J connectivity index is 1.15. The Morgan fingerprint density at radius 2 is 1.66 bits per heavy atom. The van der Waals surface area contributed by atoms with Crippen LogP contribution < -0.4 is 4.90 Å². The van der Waals surface area contributed by atoms with Crippen LogP contribution in [0.25, 0.3) is 0 Å². The van der Waals surface area contributed by atoms with Gasteiger partial charge in [-0.15, -0.1) is 0 Å². The summed E-state index contributed by atoms with van der Waals surface area (Å²) in [6.07, 6.45) is 1.75. The molecule has 2 heterocycles. The third-order valence-electron chi connectivity index (χ3n) is 5.86. The van der Waals surface area contributed by atoms with Gasteiger partial charge in [0.15, 0.2) is 0 Å². The lowest BCUT2D eigenvalue weighted by molar-refractivity contribution is -0.132. The Bertz CT molecular complexity index is 967. The van der Waals surface area contributed by atoms with Gasteiger partial charge in [-0.05, 0) is 23.5 Å². The Morgan fingerprint density at radius 1 is 0.966 bits per heavy atom. The molecule has 148 valence electrons. The summed E-state index contributed by atoms with van der Waals surface area (Å²) in [6.45, 7) is 3.19. The molecular weight excluding hydrogens is 380 g/mol. The zero-order valence-electron chi connectivity index (χ0n) is 16.3. The summed E-state index contributed by atoms with van der Waals surface area (Å²) in [6, 6.07) is 20.7. The van der Waals surface area contributed by atoms with Crippen molar-refractivity contribution in [1.82, 2.24) is 14.3 Å². The van der Waals surface area contributed by atoms with Gasteiger partial charge in [0.05, 0.1) is 0 Å². The number of anilines is 1. The molecule has 1 amide bonds. The molecule has 1 aliphatic heterocycles. The molecular formula is C23H24N4OS. The first-order valence-corrected chi connectivity index (χ1v) is 11.0. The van der Waals surface area contributed by atoms with E-state index < -0.39 is 0 Å². The highest BCUT2D eigenvalue weighted by Crippen LogP contribution is 2.48. The predicted octanol–water partition coefficient (Wildman–Crippen LogP) is 3.58. The SMILES string of the molecule is O=C([C@H]1C[C@H]1c1ccccc1)N1CCN(c2nc(Cc3ccccc3)ns2)CC1. The maximum absolute atomic E-state index is 12.9. The van der Waals surface area contributed by atoms with Crippen molar-refractivity contribution in [3.8, 4) is 0 Å². The van der Waals surface area contributed by atoms with Crippen LogP contribution in [0.4, 0.5) is 5.13 Å². The Labute approximate surface area is 175 Å². The average Bonchev–Trinajstić information content (AvgIpc) is 3.46. The molecule has 29 heavy (non-hydrogen) atoms. The number of benzene rings is 2. The van der Waals surface area contributed by atoms with Crippen LogP contribution in [0.2, 0.25) is 0 Å². The molecule has 0 N–H and O–H groups in total. The highest BCUT2D eigenvalue weighted by molar-refractivity contribution is 7.09. The quantitative estimate of drug-likeness (QED) is 0.652. The van der Waals surface area contributed by atoms with Crippen LogP contribution in [-0.4, -0.2) is 46.3 Å². The number of nitrogens with zero attached hydrogens (tertiary/aromatic N) is 4. The second-order valence-corrected chi connectivity index (χ2v) is 8.56. The topological polar surface area (TPSA) is 49.3 Å². The van der Waals surface area contributed by atoms with Crippen molar-refractivity contribution in [2.75, 3.05) is 31.1 Å². The van der Waals surface area contributed by atoms with E-state index in [1.165, 1.54) is 22.7 Å². The highest BCUT2D eigenvalue weighted by atomic mass is 32.1. The molecule has 2 atom stereocenters. The number of hydrogen-bond donors (Lipinski definition) is 0. The van der Waals surface area contributed by atoms with Gasteiger partial charge in [0.2, 0.25) is 11.0 Å². The van der Waals surface area contributed by atoms with Crippen molar-refractivity contribution >= 4 is 22.6 Å². The van der Waals surface area contributed by atoms with Gasteiger partial charge in [-0.2, -0.15) is 4.37 Å². The smallest absolute Gasteiger partial charge is 0.226 e. The van der Waals surface area contributed by atoms with E-state index in [2.05, 4.69) is 45.7 Å². The molecule has 0 bridgehead atoms. The predicted molar refractivity (Wildman–Crippen MR) is 115 cm³/mol. The van der Waals surface area contributed by atoms with Gasteiger partial charge in [0, 0.05) is 50.1 Å². The molecule has 1 saturated heterocycles. The third-order valence-corrected chi connectivity index (χ3v) is 6.67. The summed E-state index contributed by atoms with van der Waals surface area (Å²) in [4.78, 5) is 21.9. The van der Waals surface area contributed by atoms with Crippen molar-refractivity contribution in [3.05, 3.63) is 77.6 Å². The van der Waals surface area contributed by atoms with E-state index in [4.69, 9.17) is 4.98 Å². The standard InChI is InChI=1S/C23H24N4OS/c28-22(20-16-19(20)18-9-5-2-6-10-18)26-11-13-27(14-12-26)23-24-21(25-29-23)15-17-7-3-1-4-8-17/h1-10,19-20H,11-16H2/t19-,20-/m0/s1. The second-order valence-electron chi connectivity index (χ2n) is 7.83. The Kier molecular flexibility index (Phi) is 5.02. The first-order chi connectivity index (χ1) is 14.3. The fraction of sp³-hybridized carbons (Fsp3) is 0.348. The molecule has 3 aromatic rings. The summed E-state index contributed by atoms with van der Waals surface area (Å²) in [5.74, 6) is 1.77. The van der Waals surface area contributed by atoms with Crippen LogP contribution in [0.5, 0.6) is 0 Å². The Morgan fingerprint density at radius 3 is 2.38 bits per heavy atom. The number of carbonyl (C=O) groups is 1. The third kappa shape index (κ3) is 4.03. The highest BCUT2D eigenvalue weighted by Gasteiger charge is 2.46. The molecule has 1 aromatic heterocycles. The molecule has 2 fully saturated rings. The van der Waals surface area contributed by atoms with Gasteiger partial charge in [-0.25, -0.2) is 4.98 Å². The molecule has 5 rings (SSSR count). The van der Waals surface area contributed by atoms with Crippen LogP contribution in [0.1, 0.15) is 29.3 Å². The largest absolute Gasteiger partial charge is 0.343 e. The number of hydrogen-bond acceptors (Lipinski definition) is 5. The fourth-order valence-corrected chi connectivity index (χ4v) is 4.85. The molecule has 6 heteroatoms. The summed E-state index contributed by atoms with van der Waals surface area (Å²) < 4.78 is 4.53. The number of piperazine rings is 1. The second kappa shape index (κ2) is 7.95. The van der Waals surface area contributed by atoms with Crippen LogP contribution in [-0.2, 0) is 11.2 Å². The van der Waals surface area contributed by atoms with Gasteiger partial charge in [-0.3, -0.25) is 4.79 Å². The van der Waals surface area contributed by atoms with E-state index in [1.54, 1.807) is 0 Å². The lowest BCUT2D eigenvalue weighted by atomic mass is 10.1. The normalized spacial score (nSPS) is 21.2. The molecule has 5 nitrogen and oxygen atoms in total. The van der Waals surface area contributed by atoms with Crippen molar-refractivity contribution in [1.29, 1.82) is 0 Å². The van der Waals surface area contributed by atoms with Gasteiger partial charge < -0.3 is 9.80 Å². The van der Waals surface area contributed by atoms with Gasteiger partial charge in [0.1, 0.15) is 5.82 Å². The fourth-order valence-electron chi connectivity index (χ4n) is 4.11. The molecule has 0 spiro atoms. The lowest BCUT2D eigenvalue weighted by Gasteiger charge is -2.34. The van der Waals surface area contributed by atoms with Crippen LogP contribution in [0.3, 0.4) is 0 Å². The molecule has 1 saturated carbocycles. The lowest BCUT2D eigenvalue weighted by Crippen LogP contribution is -2.49. The summed E-state index contributed by atoms with van der Waals surface area (Å²) >= 11 is 1.46. The number of aromatic nitrogens is 2. The number of carbonyl (C=O) groups excluding carboxylic acids is 1. The van der Waals surface area contributed by atoms with Crippen LogP contribution >= 0.6 is 11.5 Å². The van der Waals surface area contributed by atoms with E-state index in [0.29, 0.717) is 11.8 Å². The zero-order chi connectivity index (χ0) is 19.6. The van der Waals surface area contributed by atoms with E-state index >= 15 is 0 Å². The van der Waals surface area contributed by atoms with Crippen LogP contribution in [0, 0.1) is 5.92 Å². The Hall–Kier alpha value is -2.73. The van der Waals surface area contributed by atoms with Gasteiger partial charge in [0.25, 0.3) is 0 Å². The first kappa shape index (κ1) is 18.3. The van der Waals surface area contributed by atoms with E-state index in [-0.39, 0.29) is 5.92 Å². The molecule has 0 radical (unpaired) electrons. The minimum Gasteiger partial charge on any atom is -0.343 e. The van der Waals surface area contributed by atoms with Crippen molar-refractivity contribution < 1.29 is 4.79 Å². The van der Waals surface area contributed by atoms with Crippen molar-refractivity contribution in [2.45, 2.75) is 18.8 Å². The molecule has 1 aliphatic carbocycles. The number of amides is 1. The summed E-state index contributed by atoms with van der Waals surface area (Å²) in [7, 11) is 0. The van der Waals surface area contributed by atoms with Gasteiger partial charge in [-0.1, -0.05) is 60.7 Å². The van der Waals surface area contributed by atoms with Gasteiger partial charge >= 0.3 is 0 Å². The van der Waals surface area contributed by atoms with E-state index in [0.717, 1.165) is 50.0 Å². The summed E-state index contributed by atoms with van der Waals surface area (Å²) in [5, 5.41) is 0.969. The monoisotopic (exact) mass is 404 g/mol. The average molecular weight is 405 g/mol. The first-order valence-electron chi connectivity index (χ1n) is 10.2. The molecule has 2 aromatic carbocycles. The van der Waals surface area contributed by atoms with Crippen LogP contribution in [0.15, 0.2) is 60.7 Å². The zero-order valence-corrected chi connectivity index (χ0v) is 17.1. The van der Waals surface area contributed by atoms with Crippen molar-refractivity contribution in [2.24, 2.45) is 5.92 Å². The minimum absolute atomic E-state index is 0.169.